The van der Waals surface area contributed by atoms with Crippen molar-refractivity contribution in [1.82, 2.24) is 0 Å². The highest BCUT2D eigenvalue weighted by Gasteiger charge is 2.36. The Morgan fingerprint density at radius 3 is 2.79 bits per heavy atom. The molecule has 0 aliphatic carbocycles. The summed E-state index contributed by atoms with van der Waals surface area (Å²) in [7, 11) is 0. The van der Waals surface area contributed by atoms with Gasteiger partial charge in [-0.2, -0.15) is 5.26 Å². The molecule has 0 saturated carbocycles. The first-order valence-corrected chi connectivity index (χ1v) is 7.16. The highest BCUT2D eigenvalue weighted by molar-refractivity contribution is 5.92. The molecule has 0 radical (unpaired) electrons. The first kappa shape index (κ1) is 17.1. The smallest absolute Gasteiger partial charge is 0.338 e. The van der Waals surface area contributed by atoms with Crippen LogP contribution in [0, 0.1) is 29.5 Å². The van der Waals surface area contributed by atoms with Crippen molar-refractivity contribution in [2.24, 2.45) is 5.73 Å². The molecule has 1 heterocycles. The van der Waals surface area contributed by atoms with Gasteiger partial charge < -0.3 is 15.2 Å². The second kappa shape index (κ2) is 6.89. The summed E-state index contributed by atoms with van der Waals surface area (Å²) < 4.78 is 24.4. The van der Waals surface area contributed by atoms with Gasteiger partial charge in [0.15, 0.2) is 0 Å². The number of esters is 1. The summed E-state index contributed by atoms with van der Waals surface area (Å²) in [5.41, 5.74) is 6.32. The first-order valence-electron chi connectivity index (χ1n) is 7.16. The van der Waals surface area contributed by atoms with Crippen LogP contribution in [-0.4, -0.2) is 12.6 Å². The summed E-state index contributed by atoms with van der Waals surface area (Å²) in [6.45, 7) is 3.34. The van der Waals surface area contributed by atoms with Gasteiger partial charge in [-0.25, -0.2) is 9.18 Å². The number of nitriles is 1. The molecule has 1 aliphatic heterocycles. The van der Waals surface area contributed by atoms with Gasteiger partial charge in [-0.3, -0.25) is 0 Å². The molecule has 1 aromatic carbocycles. The number of carbonyl (C=O) groups is 1. The summed E-state index contributed by atoms with van der Waals surface area (Å²) in [6, 6.07) is 6.06. The van der Waals surface area contributed by atoms with E-state index < -0.39 is 17.7 Å². The number of carbonyl (C=O) groups excluding carboxylic acids is 1. The van der Waals surface area contributed by atoms with Crippen LogP contribution in [0.15, 0.2) is 41.0 Å². The van der Waals surface area contributed by atoms with E-state index in [0.29, 0.717) is 5.56 Å². The van der Waals surface area contributed by atoms with Crippen molar-refractivity contribution >= 4 is 5.97 Å². The van der Waals surface area contributed by atoms with Gasteiger partial charge in [-0.15, -0.1) is 6.42 Å². The summed E-state index contributed by atoms with van der Waals surface area (Å²) in [5.74, 6) is 0.129. The number of ether oxygens (including phenoxy) is 2. The lowest BCUT2D eigenvalue weighted by Gasteiger charge is -2.26. The van der Waals surface area contributed by atoms with E-state index in [1.165, 1.54) is 19.1 Å². The molecular formula is C18H15FN2O3. The quantitative estimate of drug-likeness (QED) is 0.681. The largest absolute Gasteiger partial charge is 0.463 e. The highest BCUT2D eigenvalue weighted by atomic mass is 19.1. The molecule has 6 heteroatoms. The highest BCUT2D eigenvalue weighted by Crippen LogP contribution is 2.39. The van der Waals surface area contributed by atoms with E-state index in [1.807, 2.05) is 6.07 Å². The molecule has 1 aromatic rings. The van der Waals surface area contributed by atoms with Crippen LogP contribution in [0.4, 0.5) is 4.39 Å². The number of hydrogen-bond acceptors (Lipinski definition) is 5. The Hall–Kier alpha value is -3.25. The molecule has 1 aliphatic rings. The molecule has 122 valence electrons. The average molecular weight is 326 g/mol. The van der Waals surface area contributed by atoms with Crippen molar-refractivity contribution in [3.05, 3.63) is 57.9 Å². The Bertz CT molecular complexity index is 841. The van der Waals surface area contributed by atoms with Gasteiger partial charge >= 0.3 is 5.97 Å². The summed E-state index contributed by atoms with van der Waals surface area (Å²) in [4.78, 5) is 12.3. The Kier molecular flexibility index (Phi) is 4.91. The van der Waals surface area contributed by atoms with E-state index >= 15 is 0 Å². The van der Waals surface area contributed by atoms with E-state index in [4.69, 9.17) is 21.6 Å². The Balaban J connectivity index is 2.65. The van der Waals surface area contributed by atoms with Crippen LogP contribution in [0.1, 0.15) is 30.9 Å². The first-order chi connectivity index (χ1) is 11.4. The zero-order valence-corrected chi connectivity index (χ0v) is 13.2. The van der Waals surface area contributed by atoms with Gasteiger partial charge in [-0.1, -0.05) is 12.0 Å². The standard InChI is InChI=1S/C18H15FN2O3/c1-4-11-6-7-12(8-14(11)19)16-13(9-20)17(21)24-10(3)15(16)18(22)23-5-2/h1,6-8,16H,5,21H2,2-3H3. The molecule has 0 amide bonds. The molecule has 2 rings (SSSR count). The molecule has 0 fully saturated rings. The maximum absolute atomic E-state index is 14.1. The second-order valence-electron chi connectivity index (χ2n) is 5.00. The minimum atomic E-state index is -0.885. The zero-order chi connectivity index (χ0) is 17.9. The number of terminal acetylenes is 1. The summed E-state index contributed by atoms with van der Waals surface area (Å²) in [5, 5.41) is 9.41. The molecule has 5 nitrogen and oxygen atoms in total. The number of nitrogens with zero attached hydrogens (tertiary/aromatic N) is 1. The Morgan fingerprint density at radius 2 is 2.25 bits per heavy atom. The second-order valence-corrected chi connectivity index (χ2v) is 5.00. The maximum Gasteiger partial charge on any atom is 0.338 e. The van der Waals surface area contributed by atoms with Crippen molar-refractivity contribution in [3.63, 3.8) is 0 Å². The minimum absolute atomic E-state index is 0.0107. The normalized spacial score (nSPS) is 17.0. The fraction of sp³-hybridized carbons (Fsp3) is 0.222. The van der Waals surface area contributed by atoms with Gasteiger partial charge in [0.25, 0.3) is 0 Å². The van der Waals surface area contributed by atoms with Crippen LogP contribution < -0.4 is 5.73 Å². The third kappa shape index (κ3) is 2.95. The Morgan fingerprint density at radius 1 is 1.54 bits per heavy atom. The predicted octanol–water partition coefficient (Wildman–Crippen LogP) is 2.45. The molecule has 0 spiro atoms. The van der Waals surface area contributed by atoms with Crippen LogP contribution in [0.2, 0.25) is 0 Å². The lowest BCUT2D eigenvalue weighted by molar-refractivity contribution is -0.139. The number of hydrogen-bond donors (Lipinski definition) is 1. The van der Waals surface area contributed by atoms with Crippen LogP contribution in [-0.2, 0) is 14.3 Å². The molecule has 1 atom stereocenters. The third-order valence-corrected chi connectivity index (χ3v) is 3.58. The number of halogens is 1. The van der Waals surface area contributed by atoms with E-state index in [9.17, 15) is 14.4 Å². The molecule has 1 unspecified atom stereocenters. The van der Waals surface area contributed by atoms with Gasteiger partial charge in [0.05, 0.1) is 23.7 Å². The van der Waals surface area contributed by atoms with Crippen LogP contribution in [0.5, 0.6) is 0 Å². The van der Waals surface area contributed by atoms with Crippen LogP contribution in [0.25, 0.3) is 0 Å². The number of nitrogens with two attached hydrogens (primary N) is 1. The fourth-order valence-corrected chi connectivity index (χ4v) is 2.52. The van der Waals surface area contributed by atoms with E-state index in [-0.39, 0.29) is 35.0 Å². The van der Waals surface area contributed by atoms with E-state index in [0.717, 1.165) is 0 Å². The number of benzene rings is 1. The predicted molar refractivity (Wildman–Crippen MR) is 84.3 cm³/mol. The molecule has 0 saturated heterocycles. The summed E-state index contributed by atoms with van der Waals surface area (Å²) in [6.07, 6.45) is 5.22. The number of rotatable bonds is 3. The monoisotopic (exact) mass is 326 g/mol. The summed E-state index contributed by atoms with van der Waals surface area (Å²) >= 11 is 0. The van der Waals surface area contributed by atoms with Gasteiger partial charge in [0.1, 0.15) is 23.2 Å². The van der Waals surface area contributed by atoms with Crippen LogP contribution >= 0.6 is 0 Å². The average Bonchev–Trinajstić information content (AvgIpc) is 2.54. The topological polar surface area (TPSA) is 85.3 Å². The van der Waals surface area contributed by atoms with Crippen molar-refractivity contribution < 1.29 is 18.7 Å². The van der Waals surface area contributed by atoms with Crippen molar-refractivity contribution in [2.45, 2.75) is 19.8 Å². The lowest BCUT2D eigenvalue weighted by atomic mass is 9.83. The molecule has 2 N–H and O–H groups in total. The van der Waals surface area contributed by atoms with Crippen molar-refractivity contribution in [1.29, 1.82) is 5.26 Å². The van der Waals surface area contributed by atoms with Crippen molar-refractivity contribution in [3.8, 4) is 18.4 Å². The molecule has 24 heavy (non-hydrogen) atoms. The van der Waals surface area contributed by atoms with Gasteiger partial charge in [-0.05, 0) is 31.5 Å². The molecule has 0 bridgehead atoms. The van der Waals surface area contributed by atoms with Gasteiger partial charge in [0, 0.05) is 0 Å². The fourth-order valence-electron chi connectivity index (χ4n) is 2.52. The van der Waals surface area contributed by atoms with Crippen LogP contribution in [0.3, 0.4) is 0 Å². The maximum atomic E-state index is 14.1. The Labute approximate surface area is 139 Å². The zero-order valence-electron chi connectivity index (χ0n) is 13.2. The number of allylic oxidation sites excluding steroid dienone is 2. The molecule has 0 aromatic heterocycles. The van der Waals surface area contributed by atoms with E-state index in [2.05, 4.69) is 5.92 Å². The SMILES string of the molecule is C#Cc1ccc(C2C(C#N)=C(N)OC(C)=C2C(=O)OCC)cc1F. The van der Waals surface area contributed by atoms with Crippen molar-refractivity contribution in [2.75, 3.05) is 6.61 Å². The lowest BCUT2D eigenvalue weighted by Crippen LogP contribution is -2.25. The van der Waals surface area contributed by atoms with Gasteiger partial charge in [0.2, 0.25) is 5.88 Å². The molecular weight excluding hydrogens is 311 g/mol. The van der Waals surface area contributed by atoms with E-state index in [1.54, 1.807) is 13.0 Å². The minimum Gasteiger partial charge on any atom is -0.463 e. The third-order valence-electron chi connectivity index (χ3n) is 3.58.